The molecule has 1 aromatic carbocycles. The van der Waals surface area contributed by atoms with Crippen molar-refractivity contribution >= 4 is 15.5 Å². The third-order valence-electron chi connectivity index (χ3n) is 3.61. The Labute approximate surface area is 122 Å². The predicted octanol–water partition coefficient (Wildman–Crippen LogP) is 2.47. The van der Waals surface area contributed by atoms with Gasteiger partial charge >= 0.3 is 0 Å². The largest absolute Gasteiger partial charge is 0.396 e. The molecule has 0 atom stereocenters. The molecule has 20 heavy (non-hydrogen) atoms. The topological polar surface area (TPSA) is 66.4 Å². The highest BCUT2D eigenvalue weighted by Gasteiger charge is 2.16. The summed E-state index contributed by atoms with van der Waals surface area (Å²) in [4.78, 5) is 0.302. The normalized spacial score (nSPS) is 12.4. The fraction of sp³-hybridized carbons (Fsp3) is 0.600. The molecule has 0 aromatic heterocycles. The summed E-state index contributed by atoms with van der Waals surface area (Å²) in [6.07, 6.45) is 2.74. The second kappa shape index (κ2) is 6.59. The summed E-state index contributed by atoms with van der Waals surface area (Å²) >= 11 is 0. The van der Waals surface area contributed by atoms with Gasteiger partial charge in [0, 0.05) is 25.1 Å². The van der Waals surface area contributed by atoms with E-state index in [0.717, 1.165) is 24.2 Å². The minimum absolute atomic E-state index is 0.0457. The lowest BCUT2D eigenvalue weighted by molar-refractivity contribution is 0.299. The van der Waals surface area contributed by atoms with Gasteiger partial charge in [0.15, 0.2) is 9.84 Å². The first-order valence-electron chi connectivity index (χ1n) is 6.87. The average Bonchev–Trinajstić information content (AvgIpc) is 2.36. The second-order valence-corrected chi connectivity index (χ2v) is 7.95. The maximum atomic E-state index is 11.6. The van der Waals surface area contributed by atoms with E-state index in [0.29, 0.717) is 11.3 Å². The van der Waals surface area contributed by atoms with Gasteiger partial charge in [-0.05, 0) is 36.0 Å². The van der Waals surface area contributed by atoms with Gasteiger partial charge in [-0.1, -0.05) is 26.8 Å². The molecule has 0 heterocycles. The SMILES string of the molecule is CCC(C)(C)CNc1cc(S(C)(=O)=O)ccc1CCO. The maximum absolute atomic E-state index is 11.6. The van der Waals surface area contributed by atoms with Crippen molar-refractivity contribution in [3.8, 4) is 0 Å². The van der Waals surface area contributed by atoms with Gasteiger partial charge in [-0.3, -0.25) is 0 Å². The van der Waals surface area contributed by atoms with Gasteiger partial charge in [0.2, 0.25) is 0 Å². The molecule has 4 nitrogen and oxygen atoms in total. The molecule has 0 fully saturated rings. The molecule has 0 aliphatic rings. The summed E-state index contributed by atoms with van der Waals surface area (Å²) in [5.41, 5.74) is 1.87. The zero-order valence-electron chi connectivity index (χ0n) is 12.7. The van der Waals surface area contributed by atoms with Crippen LogP contribution in [0.15, 0.2) is 23.1 Å². The van der Waals surface area contributed by atoms with Crippen molar-refractivity contribution in [2.45, 2.75) is 38.5 Å². The van der Waals surface area contributed by atoms with E-state index in [2.05, 4.69) is 26.1 Å². The number of nitrogens with one attached hydrogen (secondary N) is 1. The average molecular weight is 299 g/mol. The van der Waals surface area contributed by atoms with Crippen LogP contribution in [0.4, 0.5) is 5.69 Å². The smallest absolute Gasteiger partial charge is 0.175 e. The Morgan fingerprint density at radius 2 is 1.95 bits per heavy atom. The molecule has 0 saturated heterocycles. The van der Waals surface area contributed by atoms with Gasteiger partial charge in [-0.15, -0.1) is 0 Å². The van der Waals surface area contributed by atoms with Crippen LogP contribution in [0.1, 0.15) is 32.8 Å². The fourth-order valence-electron chi connectivity index (χ4n) is 1.75. The number of sulfone groups is 1. The Kier molecular flexibility index (Phi) is 5.59. The first-order valence-corrected chi connectivity index (χ1v) is 8.76. The summed E-state index contributed by atoms with van der Waals surface area (Å²) in [6, 6.07) is 5.02. The van der Waals surface area contributed by atoms with Crippen LogP contribution in [-0.2, 0) is 16.3 Å². The van der Waals surface area contributed by atoms with Gasteiger partial charge < -0.3 is 10.4 Å². The lowest BCUT2D eigenvalue weighted by Gasteiger charge is -2.24. The van der Waals surface area contributed by atoms with Crippen molar-refractivity contribution in [3.63, 3.8) is 0 Å². The number of hydrogen-bond acceptors (Lipinski definition) is 4. The van der Waals surface area contributed by atoms with E-state index in [1.165, 1.54) is 6.26 Å². The van der Waals surface area contributed by atoms with Crippen molar-refractivity contribution in [3.05, 3.63) is 23.8 Å². The molecule has 0 aliphatic heterocycles. The first kappa shape index (κ1) is 17.0. The van der Waals surface area contributed by atoms with Crippen molar-refractivity contribution in [1.82, 2.24) is 0 Å². The van der Waals surface area contributed by atoms with Crippen LogP contribution >= 0.6 is 0 Å². The molecule has 0 amide bonds. The van der Waals surface area contributed by atoms with E-state index in [4.69, 9.17) is 5.11 Å². The number of anilines is 1. The Bertz CT molecular complexity index is 550. The van der Waals surface area contributed by atoms with Crippen LogP contribution in [0, 0.1) is 5.41 Å². The van der Waals surface area contributed by atoms with E-state index in [9.17, 15) is 8.42 Å². The molecule has 2 N–H and O–H groups in total. The third-order valence-corrected chi connectivity index (χ3v) is 4.72. The van der Waals surface area contributed by atoms with Crippen LogP contribution in [0.2, 0.25) is 0 Å². The number of hydrogen-bond donors (Lipinski definition) is 2. The Hall–Kier alpha value is -1.07. The minimum Gasteiger partial charge on any atom is -0.396 e. The van der Waals surface area contributed by atoms with E-state index >= 15 is 0 Å². The van der Waals surface area contributed by atoms with Gasteiger partial charge in [-0.2, -0.15) is 0 Å². The van der Waals surface area contributed by atoms with Crippen molar-refractivity contribution in [1.29, 1.82) is 0 Å². The maximum Gasteiger partial charge on any atom is 0.175 e. The van der Waals surface area contributed by atoms with Crippen LogP contribution in [0.25, 0.3) is 0 Å². The minimum atomic E-state index is -3.22. The third kappa shape index (κ3) is 4.80. The summed E-state index contributed by atoms with van der Waals surface area (Å²) in [6.45, 7) is 7.25. The van der Waals surface area contributed by atoms with E-state index < -0.39 is 9.84 Å². The van der Waals surface area contributed by atoms with Crippen molar-refractivity contribution in [2.24, 2.45) is 5.41 Å². The van der Waals surface area contributed by atoms with E-state index in [-0.39, 0.29) is 12.0 Å². The van der Waals surface area contributed by atoms with E-state index in [1.807, 2.05) is 0 Å². The van der Waals surface area contributed by atoms with Crippen LogP contribution < -0.4 is 5.32 Å². The Balaban J connectivity index is 3.06. The van der Waals surface area contributed by atoms with E-state index in [1.54, 1.807) is 18.2 Å². The zero-order chi connectivity index (χ0) is 15.4. The first-order chi connectivity index (χ1) is 9.19. The molecule has 0 bridgehead atoms. The van der Waals surface area contributed by atoms with Gasteiger partial charge in [-0.25, -0.2) is 8.42 Å². The quantitative estimate of drug-likeness (QED) is 0.811. The highest BCUT2D eigenvalue weighted by Crippen LogP contribution is 2.25. The second-order valence-electron chi connectivity index (χ2n) is 5.94. The Morgan fingerprint density at radius 3 is 2.45 bits per heavy atom. The summed E-state index contributed by atoms with van der Waals surface area (Å²) in [5, 5.41) is 12.4. The summed E-state index contributed by atoms with van der Waals surface area (Å²) in [7, 11) is -3.22. The monoisotopic (exact) mass is 299 g/mol. The van der Waals surface area contributed by atoms with Crippen LogP contribution in [0.3, 0.4) is 0 Å². The summed E-state index contributed by atoms with van der Waals surface area (Å²) < 4.78 is 23.3. The lowest BCUT2D eigenvalue weighted by atomic mass is 9.90. The standard InChI is InChI=1S/C15H25NO3S/c1-5-15(2,3)11-16-14-10-13(20(4,18)19)7-6-12(14)8-9-17/h6-7,10,16-17H,5,8-9,11H2,1-4H3. The molecule has 0 radical (unpaired) electrons. The fourth-order valence-corrected chi connectivity index (χ4v) is 2.40. The van der Waals surface area contributed by atoms with Gasteiger partial charge in [0.05, 0.1) is 4.90 Å². The number of aliphatic hydroxyl groups excluding tert-OH is 1. The summed E-state index contributed by atoms with van der Waals surface area (Å²) in [5.74, 6) is 0. The molecule has 1 aromatic rings. The lowest BCUT2D eigenvalue weighted by Crippen LogP contribution is -2.22. The van der Waals surface area contributed by atoms with Crippen molar-refractivity contribution in [2.75, 3.05) is 24.7 Å². The number of aliphatic hydroxyl groups is 1. The molecule has 0 aliphatic carbocycles. The number of benzene rings is 1. The molecule has 5 heteroatoms. The molecule has 114 valence electrons. The highest BCUT2D eigenvalue weighted by molar-refractivity contribution is 7.90. The molecular formula is C15H25NO3S. The molecule has 1 rings (SSSR count). The zero-order valence-corrected chi connectivity index (χ0v) is 13.5. The highest BCUT2D eigenvalue weighted by atomic mass is 32.2. The van der Waals surface area contributed by atoms with Gasteiger partial charge in [0.25, 0.3) is 0 Å². The van der Waals surface area contributed by atoms with Crippen LogP contribution in [-0.4, -0.2) is 32.9 Å². The van der Waals surface area contributed by atoms with Gasteiger partial charge in [0.1, 0.15) is 0 Å². The van der Waals surface area contributed by atoms with Crippen LogP contribution in [0.5, 0.6) is 0 Å². The Morgan fingerprint density at radius 1 is 1.30 bits per heavy atom. The predicted molar refractivity (Wildman–Crippen MR) is 82.9 cm³/mol. The number of rotatable bonds is 7. The molecule has 0 unspecified atom stereocenters. The molecule has 0 saturated carbocycles. The molecule has 0 spiro atoms. The van der Waals surface area contributed by atoms with Crippen molar-refractivity contribution < 1.29 is 13.5 Å². The molecular weight excluding hydrogens is 274 g/mol.